The summed E-state index contributed by atoms with van der Waals surface area (Å²) in [6.45, 7) is 8.51. The number of alkyl halides is 1. The molecule has 254 valence electrons. The van der Waals surface area contributed by atoms with Gasteiger partial charge < -0.3 is 24.9 Å². The molecule has 2 heterocycles. The molecule has 0 spiro atoms. The van der Waals surface area contributed by atoms with Crippen molar-refractivity contribution in [3.05, 3.63) is 51.0 Å². The molecule has 3 amide bonds. The third-order valence-electron chi connectivity index (χ3n) is 6.07. The van der Waals surface area contributed by atoms with Crippen LogP contribution in [0, 0.1) is 10.1 Å². The minimum absolute atomic E-state index is 0.0649. The average molecular weight is 697 g/mol. The number of β-lactam (4-membered cyclic amide) rings is 1. The number of benzene rings is 1. The molecule has 47 heavy (non-hydrogen) atoms. The molecule has 2 aromatic rings. The van der Waals surface area contributed by atoms with Crippen molar-refractivity contribution in [1.29, 1.82) is 0 Å². The Balaban J connectivity index is 1.72. The van der Waals surface area contributed by atoms with E-state index in [4.69, 9.17) is 30.7 Å². The molecule has 1 aromatic heterocycles. The first-order valence-corrected chi connectivity index (χ1v) is 15.3. The average Bonchev–Trinajstić information content (AvgIpc) is 3.45. The zero-order chi connectivity index (χ0) is 35.1. The molecule has 0 saturated carbocycles. The van der Waals surface area contributed by atoms with Gasteiger partial charge in [0.2, 0.25) is 11.5 Å². The number of oxime groups is 1. The largest absolute Gasteiger partial charge is 0.458 e. The van der Waals surface area contributed by atoms with Gasteiger partial charge in [-0.2, -0.15) is 0 Å². The highest BCUT2D eigenvalue weighted by atomic mass is 35.5. The molecule has 1 aromatic carbocycles. The van der Waals surface area contributed by atoms with Crippen molar-refractivity contribution in [2.75, 3.05) is 17.8 Å². The Labute approximate surface area is 277 Å². The lowest BCUT2D eigenvalue weighted by Crippen LogP contribution is -2.70. The van der Waals surface area contributed by atoms with Gasteiger partial charge in [-0.3, -0.25) is 29.3 Å². The predicted molar refractivity (Wildman–Crippen MR) is 166 cm³/mol. The molecule has 1 aliphatic heterocycles. The number of amides is 3. The van der Waals surface area contributed by atoms with Gasteiger partial charge in [0.1, 0.15) is 29.8 Å². The Hall–Kier alpha value is -4.68. The van der Waals surface area contributed by atoms with E-state index in [0.717, 1.165) is 16.4 Å². The van der Waals surface area contributed by atoms with Crippen LogP contribution in [0.25, 0.3) is 0 Å². The summed E-state index contributed by atoms with van der Waals surface area (Å²) in [4.78, 5) is 87.9. The second kappa shape index (κ2) is 15.3. The number of nitrogens with zero attached hydrogens (tertiary/aromatic N) is 4. The zero-order valence-corrected chi connectivity index (χ0v) is 27.8. The molecule has 0 radical (unpaired) electrons. The number of ether oxygens (including phenoxy) is 2. The lowest BCUT2D eigenvalue weighted by Gasteiger charge is -2.43. The molecule has 0 aliphatic carbocycles. The van der Waals surface area contributed by atoms with Crippen molar-refractivity contribution >= 4 is 69.1 Å². The SMILES string of the molecule is C[C@H]1[C@H](NC(=O)/C(=N\OC(C)(C)C(=O)OCc2ccc([N+](=O)[O-])cc2)c2csc(NC(=O)CCl)n2)C(=O)N1OCC(=O)OC(C)(C)C. The summed E-state index contributed by atoms with van der Waals surface area (Å²) in [5, 5.41) is 22.1. The number of hydrogen-bond acceptors (Lipinski definition) is 14. The lowest BCUT2D eigenvalue weighted by molar-refractivity contribution is -0.384. The molecule has 1 aliphatic rings. The topological polar surface area (TPSA) is 218 Å². The maximum absolute atomic E-state index is 13.4. The zero-order valence-electron chi connectivity index (χ0n) is 26.2. The fraction of sp³-hybridized carbons (Fsp3) is 0.464. The van der Waals surface area contributed by atoms with Gasteiger partial charge in [0.15, 0.2) is 17.5 Å². The molecule has 17 nitrogen and oxygen atoms in total. The number of non-ortho nitro benzene ring substituents is 1. The molecule has 2 atom stereocenters. The van der Waals surface area contributed by atoms with Gasteiger partial charge in [-0.15, -0.1) is 22.9 Å². The summed E-state index contributed by atoms with van der Waals surface area (Å²) in [6, 6.07) is 3.59. The second-order valence-corrected chi connectivity index (χ2v) is 12.6. The summed E-state index contributed by atoms with van der Waals surface area (Å²) in [5.74, 6) is -4.04. The van der Waals surface area contributed by atoms with E-state index in [1.54, 1.807) is 27.7 Å². The van der Waals surface area contributed by atoms with E-state index < -0.39 is 70.2 Å². The van der Waals surface area contributed by atoms with E-state index in [0.29, 0.717) is 5.56 Å². The number of hydroxylamine groups is 2. The summed E-state index contributed by atoms with van der Waals surface area (Å²) in [6.07, 6.45) is 0. The van der Waals surface area contributed by atoms with E-state index >= 15 is 0 Å². The maximum Gasteiger partial charge on any atom is 0.353 e. The van der Waals surface area contributed by atoms with Gasteiger partial charge in [-0.25, -0.2) is 19.6 Å². The molecule has 0 bridgehead atoms. The number of anilines is 1. The summed E-state index contributed by atoms with van der Waals surface area (Å²) in [7, 11) is 0. The highest BCUT2D eigenvalue weighted by molar-refractivity contribution is 7.14. The van der Waals surface area contributed by atoms with Crippen LogP contribution in [0.2, 0.25) is 0 Å². The Morgan fingerprint density at radius 3 is 2.38 bits per heavy atom. The van der Waals surface area contributed by atoms with Crippen LogP contribution in [0.3, 0.4) is 0 Å². The van der Waals surface area contributed by atoms with Crippen molar-refractivity contribution in [3.8, 4) is 0 Å². The number of esters is 2. The smallest absolute Gasteiger partial charge is 0.353 e. The molecule has 3 rings (SSSR count). The van der Waals surface area contributed by atoms with Gasteiger partial charge in [-0.1, -0.05) is 5.16 Å². The number of nitro benzene ring substituents is 1. The normalized spacial score (nSPS) is 16.5. The van der Waals surface area contributed by atoms with Crippen molar-refractivity contribution in [2.45, 2.75) is 71.4 Å². The minimum atomic E-state index is -1.75. The first kappa shape index (κ1) is 36.8. The fourth-order valence-corrected chi connectivity index (χ4v) is 4.47. The number of nitro groups is 1. The van der Waals surface area contributed by atoms with Crippen molar-refractivity contribution in [1.82, 2.24) is 15.4 Å². The molecule has 2 N–H and O–H groups in total. The van der Waals surface area contributed by atoms with Crippen LogP contribution < -0.4 is 10.6 Å². The molecule has 19 heteroatoms. The quantitative estimate of drug-likeness (QED) is 0.0727. The Kier molecular flexibility index (Phi) is 12.0. The lowest BCUT2D eigenvalue weighted by atomic mass is 10.00. The van der Waals surface area contributed by atoms with Gasteiger partial charge in [0, 0.05) is 17.5 Å². The van der Waals surface area contributed by atoms with Crippen LogP contribution in [0.4, 0.5) is 10.8 Å². The van der Waals surface area contributed by atoms with E-state index in [1.807, 2.05) is 0 Å². The molecule has 0 unspecified atom stereocenters. The Morgan fingerprint density at radius 2 is 1.81 bits per heavy atom. The van der Waals surface area contributed by atoms with Crippen LogP contribution >= 0.6 is 22.9 Å². The van der Waals surface area contributed by atoms with Crippen molar-refractivity contribution in [3.63, 3.8) is 0 Å². The van der Waals surface area contributed by atoms with Gasteiger partial charge in [-0.05, 0) is 59.2 Å². The number of halogens is 1. The number of nitrogens with one attached hydrogen (secondary N) is 2. The monoisotopic (exact) mass is 696 g/mol. The number of aromatic nitrogens is 1. The summed E-state index contributed by atoms with van der Waals surface area (Å²) >= 11 is 6.49. The van der Waals surface area contributed by atoms with Crippen LogP contribution in [-0.2, 0) is 49.7 Å². The highest BCUT2D eigenvalue weighted by Crippen LogP contribution is 2.23. The number of hydrogen-bond donors (Lipinski definition) is 2. The second-order valence-electron chi connectivity index (χ2n) is 11.5. The van der Waals surface area contributed by atoms with Crippen molar-refractivity contribution in [2.24, 2.45) is 5.16 Å². The highest BCUT2D eigenvalue weighted by Gasteiger charge is 2.48. The van der Waals surface area contributed by atoms with Gasteiger partial charge in [0.05, 0.1) is 11.0 Å². The number of carbonyl (C=O) groups is 5. The third-order valence-corrected chi connectivity index (χ3v) is 7.07. The van der Waals surface area contributed by atoms with E-state index in [2.05, 4.69) is 20.8 Å². The van der Waals surface area contributed by atoms with Crippen LogP contribution in [-0.4, -0.2) is 86.1 Å². The number of rotatable bonds is 14. The molecular formula is C28H33ClN6O11S. The summed E-state index contributed by atoms with van der Waals surface area (Å²) in [5.41, 5.74) is -2.66. The third kappa shape index (κ3) is 10.2. The predicted octanol–water partition coefficient (Wildman–Crippen LogP) is 2.46. The first-order valence-electron chi connectivity index (χ1n) is 13.9. The van der Waals surface area contributed by atoms with Crippen LogP contribution in [0.1, 0.15) is 52.8 Å². The molecular weight excluding hydrogens is 664 g/mol. The number of carbonyl (C=O) groups excluding carboxylic acids is 5. The standard InChI is InChI=1S/C28H33ClN6O11S/c1-15-21(24(39)34(15)44-13-20(37)45-27(2,3)4)32-23(38)22(18-14-47-26(30-18)31-19(36)11-29)33-46-28(5,6)25(40)43-12-16-7-9-17(10-8-16)35(41)42/h7-10,14-15,21H,11-13H2,1-6H3,(H,32,38)(H,30,31,36)/b33-22-/t15-,21-/m0/s1. The Morgan fingerprint density at radius 1 is 1.15 bits per heavy atom. The molecule has 1 fully saturated rings. The fourth-order valence-electron chi connectivity index (χ4n) is 3.69. The van der Waals surface area contributed by atoms with Crippen LogP contribution in [0.5, 0.6) is 0 Å². The maximum atomic E-state index is 13.4. The Bertz CT molecular complexity index is 1550. The van der Waals surface area contributed by atoms with Crippen molar-refractivity contribution < 1.29 is 48.0 Å². The van der Waals surface area contributed by atoms with E-state index in [1.165, 1.54) is 43.5 Å². The van der Waals surface area contributed by atoms with E-state index in [9.17, 15) is 34.1 Å². The van der Waals surface area contributed by atoms with Gasteiger partial charge >= 0.3 is 11.9 Å². The van der Waals surface area contributed by atoms with Crippen LogP contribution in [0.15, 0.2) is 34.8 Å². The van der Waals surface area contributed by atoms with Gasteiger partial charge in [0.25, 0.3) is 17.5 Å². The first-order chi connectivity index (χ1) is 21.9. The van der Waals surface area contributed by atoms with E-state index in [-0.39, 0.29) is 29.0 Å². The summed E-state index contributed by atoms with van der Waals surface area (Å²) < 4.78 is 10.4. The number of thiazole rings is 1. The molecule has 1 saturated heterocycles. The minimum Gasteiger partial charge on any atom is -0.458 e.